The number of halogens is 4. The smallest absolute Gasteiger partial charge is 0.383 e. The van der Waals surface area contributed by atoms with Crippen LogP contribution >= 0.6 is 0 Å². The van der Waals surface area contributed by atoms with Crippen LogP contribution in [0, 0.1) is 5.82 Å². The Morgan fingerprint density at radius 1 is 1.19 bits per heavy atom. The summed E-state index contributed by atoms with van der Waals surface area (Å²) in [6.07, 6.45) is -2.61. The Bertz CT molecular complexity index is 1140. The Labute approximate surface area is 172 Å². The minimum Gasteiger partial charge on any atom is -0.383 e. The number of nitrogens with two attached hydrogens (primary N) is 1. The number of rotatable bonds is 4. The number of nitrogens with one attached hydrogen (secondary N) is 1. The zero-order chi connectivity index (χ0) is 22.3. The molecule has 0 unspecified atom stereocenters. The van der Waals surface area contributed by atoms with Gasteiger partial charge in [0, 0.05) is 12.6 Å². The summed E-state index contributed by atoms with van der Waals surface area (Å²) in [7, 11) is 0. The van der Waals surface area contributed by atoms with Crippen LogP contribution < -0.4 is 5.73 Å². The number of hydrogen-bond acceptors (Lipinski definition) is 5. The van der Waals surface area contributed by atoms with E-state index in [0.717, 1.165) is 0 Å². The molecule has 1 saturated heterocycles. The van der Waals surface area contributed by atoms with Gasteiger partial charge in [0.1, 0.15) is 17.3 Å². The van der Waals surface area contributed by atoms with E-state index in [4.69, 9.17) is 5.73 Å². The number of nitrogens with zero attached hydrogens (tertiary/aromatic N) is 4. The largest absolute Gasteiger partial charge is 0.432 e. The van der Waals surface area contributed by atoms with Gasteiger partial charge in [-0.15, -0.1) is 0 Å². The summed E-state index contributed by atoms with van der Waals surface area (Å²) in [5.41, 5.74) is 4.99. The molecule has 4 rings (SSSR count). The Morgan fingerprint density at radius 3 is 2.55 bits per heavy atom. The van der Waals surface area contributed by atoms with E-state index in [1.807, 2.05) is 0 Å². The molecule has 1 atom stereocenters. The van der Waals surface area contributed by atoms with Gasteiger partial charge in [0.2, 0.25) is 0 Å². The van der Waals surface area contributed by atoms with E-state index in [0.29, 0.717) is 24.6 Å². The maximum absolute atomic E-state index is 13.1. The van der Waals surface area contributed by atoms with Crippen molar-refractivity contribution in [2.24, 2.45) is 0 Å². The average Bonchev–Trinajstić information content (AvgIpc) is 3.47. The van der Waals surface area contributed by atoms with Crippen LogP contribution in [-0.4, -0.2) is 49.2 Å². The first-order valence-corrected chi connectivity index (χ1v) is 9.24. The standard InChI is InChI=1S/C19H16F4N6O2/c20-10-3-5-11(6-4-10)29-17(24)12(9-25-29)16(30)14-2-1-7-28(14)18(31)13-8-15(27-26-13)19(21,22)23/h3-6,8-9,14H,1-2,7,24H2,(H,26,27)/t14-/m0/s1. The van der Waals surface area contributed by atoms with Gasteiger partial charge in [-0.25, -0.2) is 9.07 Å². The number of benzene rings is 1. The van der Waals surface area contributed by atoms with Crippen molar-refractivity contribution in [1.82, 2.24) is 24.9 Å². The number of Topliss-reactive ketones (excluding diaryl/α,β-unsaturated/α-hetero) is 1. The number of ketones is 1. The lowest BCUT2D eigenvalue weighted by Crippen LogP contribution is -2.40. The fourth-order valence-corrected chi connectivity index (χ4v) is 3.52. The molecule has 0 saturated carbocycles. The van der Waals surface area contributed by atoms with Crippen molar-refractivity contribution in [2.45, 2.75) is 25.1 Å². The molecular weight excluding hydrogens is 420 g/mol. The molecule has 12 heteroatoms. The number of aromatic amines is 1. The number of alkyl halides is 3. The number of amides is 1. The molecule has 3 heterocycles. The lowest BCUT2D eigenvalue weighted by atomic mass is 10.0. The number of carbonyl (C=O) groups is 2. The molecule has 1 aliphatic rings. The molecule has 1 aromatic carbocycles. The molecule has 0 spiro atoms. The van der Waals surface area contributed by atoms with E-state index in [-0.39, 0.29) is 17.9 Å². The highest BCUT2D eigenvalue weighted by atomic mass is 19.4. The zero-order valence-corrected chi connectivity index (χ0v) is 15.9. The normalized spacial score (nSPS) is 16.6. The molecule has 3 aromatic rings. The Balaban J connectivity index is 1.58. The van der Waals surface area contributed by atoms with E-state index in [1.165, 1.54) is 40.0 Å². The molecule has 0 aliphatic carbocycles. The lowest BCUT2D eigenvalue weighted by molar-refractivity contribution is -0.141. The van der Waals surface area contributed by atoms with Gasteiger partial charge >= 0.3 is 6.18 Å². The van der Waals surface area contributed by atoms with E-state index in [1.54, 1.807) is 5.10 Å². The maximum atomic E-state index is 13.1. The number of likely N-dealkylation sites (tertiary alicyclic amines) is 1. The van der Waals surface area contributed by atoms with Crippen molar-refractivity contribution in [2.75, 3.05) is 12.3 Å². The summed E-state index contributed by atoms with van der Waals surface area (Å²) >= 11 is 0. The highest BCUT2D eigenvalue weighted by molar-refractivity contribution is 6.06. The first-order chi connectivity index (χ1) is 14.7. The van der Waals surface area contributed by atoms with Crippen molar-refractivity contribution >= 4 is 17.5 Å². The summed E-state index contributed by atoms with van der Waals surface area (Å²) < 4.78 is 52.8. The molecule has 31 heavy (non-hydrogen) atoms. The van der Waals surface area contributed by atoms with E-state index < -0.39 is 41.1 Å². The number of aromatic nitrogens is 4. The SMILES string of the molecule is Nc1c(C(=O)[C@@H]2CCCN2C(=O)c2cc(C(F)(F)F)[nH]n2)cnn1-c1ccc(F)cc1. The predicted molar refractivity (Wildman–Crippen MR) is 99.9 cm³/mol. The Kier molecular flexibility index (Phi) is 4.99. The monoisotopic (exact) mass is 436 g/mol. The number of anilines is 1. The van der Waals surface area contributed by atoms with Gasteiger partial charge in [-0.05, 0) is 37.1 Å². The van der Waals surface area contributed by atoms with Gasteiger partial charge in [-0.3, -0.25) is 14.7 Å². The topological polar surface area (TPSA) is 110 Å². The fourth-order valence-electron chi connectivity index (χ4n) is 3.52. The van der Waals surface area contributed by atoms with Crippen molar-refractivity contribution in [3.8, 4) is 5.69 Å². The van der Waals surface area contributed by atoms with Crippen molar-refractivity contribution in [3.05, 3.63) is 59.3 Å². The fraction of sp³-hybridized carbons (Fsp3) is 0.263. The second-order valence-electron chi connectivity index (χ2n) is 7.02. The summed E-state index contributed by atoms with van der Waals surface area (Å²) in [5, 5.41) is 9.30. The molecule has 162 valence electrons. The third-order valence-corrected chi connectivity index (χ3v) is 5.06. The van der Waals surface area contributed by atoms with Crippen LogP contribution in [0.2, 0.25) is 0 Å². The van der Waals surface area contributed by atoms with Crippen molar-refractivity contribution < 1.29 is 27.2 Å². The highest BCUT2D eigenvalue weighted by Gasteiger charge is 2.39. The molecule has 0 radical (unpaired) electrons. The van der Waals surface area contributed by atoms with E-state index >= 15 is 0 Å². The first kappa shape index (κ1) is 20.6. The Morgan fingerprint density at radius 2 is 1.90 bits per heavy atom. The van der Waals surface area contributed by atoms with Crippen LogP contribution in [0.15, 0.2) is 36.5 Å². The van der Waals surface area contributed by atoms with Gasteiger partial charge in [-0.2, -0.15) is 23.4 Å². The number of carbonyl (C=O) groups excluding carboxylic acids is 2. The van der Waals surface area contributed by atoms with Crippen LogP contribution in [0.4, 0.5) is 23.4 Å². The first-order valence-electron chi connectivity index (χ1n) is 9.24. The summed E-state index contributed by atoms with van der Waals surface area (Å²) in [4.78, 5) is 27.0. The third-order valence-electron chi connectivity index (χ3n) is 5.06. The number of nitrogen functional groups attached to an aromatic ring is 1. The molecule has 0 bridgehead atoms. The molecule has 3 N–H and O–H groups in total. The van der Waals surface area contributed by atoms with E-state index in [2.05, 4.69) is 10.2 Å². The number of H-pyrrole nitrogens is 1. The summed E-state index contributed by atoms with van der Waals surface area (Å²) in [5.74, 6) is -1.71. The zero-order valence-electron chi connectivity index (χ0n) is 15.9. The second kappa shape index (κ2) is 7.52. The molecule has 8 nitrogen and oxygen atoms in total. The van der Waals surface area contributed by atoms with Crippen LogP contribution in [0.1, 0.15) is 39.4 Å². The molecule has 1 amide bonds. The lowest BCUT2D eigenvalue weighted by Gasteiger charge is -2.22. The van der Waals surface area contributed by atoms with Crippen LogP contribution in [0.25, 0.3) is 5.69 Å². The molecular formula is C19H16F4N6O2. The van der Waals surface area contributed by atoms with Gasteiger partial charge in [-0.1, -0.05) is 0 Å². The molecule has 1 aliphatic heterocycles. The number of hydrogen-bond donors (Lipinski definition) is 2. The van der Waals surface area contributed by atoms with Gasteiger partial charge in [0.05, 0.1) is 23.5 Å². The highest BCUT2D eigenvalue weighted by Crippen LogP contribution is 2.30. The maximum Gasteiger partial charge on any atom is 0.432 e. The quantitative estimate of drug-likeness (QED) is 0.483. The van der Waals surface area contributed by atoms with Gasteiger partial charge < -0.3 is 10.6 Å². The van der Waals surface area contributed by atoms with Gasteiger partial charge in [0.15, 0.2) is 11.5 Å². The van der Waals surface area contributed by atoms with Crippen LogP contribution in [-0.2, 0) is 6.18 Å². The van der Waals surface area contributed by atoms with Crippen molar-refractivity contribution in [3.63, 3.8) is 0 Å². The van der Waals surface area contributed by atoms with Crippen molar-refractivity contribution in [1.29, 1.82) is 0 Å². The minimum absolute atomic E-state index is 0.00929. The minimum atomic E-state index is -4.67. The summed E-state index contributed by atoms with van der Waals surface area (Å²) in [6.45, 7) is 0.190. The van der Waals surface area contributed by atoms with Gasteiger partial charge in [0.25, 0.3) is 5.91 Å². The summed E-state index contributed by atoms with van der Waals surface area (Å²) in [6, 6.07) is 5.01. The second-order valence-corrected chi connectivity index (χ2v) is 7.02. The average molecular weight is 436 g/mol. The van der Waals surface area contributed by atoms with Crippen LogP contribution in [0.3, 0.4) is 0 Å². The Hall–Kier alpha value is -3.70. The van der Waals surface area contributed by atoms with Crippen LogP contribution in [0.5, 0.6) is 0 Å². The third kappa shape index (κ3) is 3.76. The predicted octanol–water partition coefficient (Wildman–Crippen LogP) is 2.82. The molecule has 2 aromatic heterocycles. The molecule has 1 fully saturated rings. The van der Waals surface area contributed by atoms with E-state index in [9.17, 15) is 27.2 Å².